The number of hydrogen-bond acceptors (Lipinski definition) is 2. The minimum absolute atomic E-state index is 0.0612. The molecule has 28 heavy (non-hydrogen) atoms. The number of aryl methyl sites for hydroxylation is 2. The first-order valence-electron chi connectivity index (χ1n) is 9.11. The van der Waals surface area contributed by atoms with Crippen molar-refractivity contribution in [3.05, 3.63) is 88.4 Å². The van der Waals surface area contributed by atoms with Crippen molar-refractivity contribution in [2.24, 2.45) is 0 Å². The molecular weight excluding hydrogens is 372 g/mol. The molecular formula is C23H19ClN2O2. The number of hydrogen-bond donors (Lipinski definition) is 1. The van der Waals surface area contributed by atoms with Crippen molar-refractivity contribution in [3.8, 4) is 0 Å². The second kappa shape index (κ2) is 7.49. The second-order valence-corrected chi connectivity index (χ2v) is 7.23. The summed E-state index contributed by atoms with van der Waals surface area (Å²) in [6.07, 6.45) is 1.69. The molecule has 0 spiro atoms. The second-order valence-electron chi connectivity index (χ2n) is 6.79. The molecule has 1 aliphatic rings. The molecule has 5 heteroatoms. The van der Waals surface area contributed by atoms with Crippen LogP contribution in [0.5, 0.6) is 0 Å². The maximum atomic E-state index is 12.6. The third-order valence-electron chi connectivity index (χ3n) is 4.88. The molecule has 1 aliphatic heterocycles. The first-order valence-corrected chi connectivity index (χ1v) is 9.49. The molecule has 4 rings (SSSR count). The van der Waals surface area contributed by atoms with Crippen LogP contribution in [0.15, 0.2) is 66.7 Å². The number of carbonyl (C=O) groups is 2. The highest BCUT2D eigenvalue weighted by Crippen LogP contribution is 2.37. The van der Waals surface area contributed by atoms with Crippen LogP contribution < -0.4 is 10.2 Å². The van der Waals surface area contributed by atoms with E-state index in [0.717, 1.165) is 35.3 Å². The van der Waals surface area contributed by atoms with Crippen LogP contribution in [0.4, 0.5) is 17.1 Å². The molecule has 0 atom stereocenters. The van der Waals surface area contributed by atoms with E-state index in [1.807, 2.05) is 36.4 Å². The van der Waals surface area contributed by atoms with Crippen LogP contribution in [0.25, 0.3) is 0 Å². The molecule has 0 aromatic heterocycles. The Morgan fingerprint density at radius 2 is 1.64 bits per heavy atom. The molecule has 3 aromatic rings. The van der Waals surface area contributed by atoms with E-state index in [9.17, 15) is 9.59 Å². The molecule has 1 N–H and O–H groups in total. The standard InChI is InChI=1S/C23H19ClN2O2/c1-15(27)26-21-8-3-2-5-16(21)9-10-17-11-12-20(14-22(17)26)25-23(28)18-6-4-7-19(24)13-18/h2-8,11-14H,9-10H2,1H3,(H,25,28). The minimum atomic E-state index is -0.245. The molecule has 0 saturated carbocycles. The van der Waals surface area contributed by atoms with E-state index in [2.05, 4.69) is 11.4 Å². The number of amides is 2. The number of nitrogens with zero attached hydrogens (tertiary/aromatic N) is 1. The maximum Gasteiger partial charge on any atom is 0.255 e. The largest absolute Gasteiger partial charge is 0.322 e. The SMILES string of the molecule is CC(=O)N1c2ccccc2CCc2ccc(NC(=O)c3cccc(Cl)c3)cc21. The normalized spacial score (nSPS) is 12.6. The van der Waals surface area contributed by atoms with E-state index in [0.29, 0.717) is 16.3 Å². The predicted molar refractivity (Wildman–Crippen MR) is 113 cm³/mol. The molecule has 0 bridgehead atoms. The zero-order chi connectivity index (χ0) is 19.7. The zero-order valence-corrected chi connectivity index (χ0v) is 16.2. The quantitative estimate of drug-likeness (QED) is 0.639. The molecule has 0 unspecified atom stereocenters. The number of benzene rings is 3. The number of anilines is 3. The van der Waals surface area contributed by atoms with E-state index < -0.39 is 0 Å². The number of para-hydroxylation sites is 1. The summed E-state index contributed by atoms with van der Waals surface area (Å²) in [4.78, 5) is 26.8. The smallest absolute Gasteiger partial charge is 0.255 e. The average Bonchev–Trinajstić information content (AvgIpc) is 2.84. The van der Waals surface area contributed by atoms with Gasteiger partial charge in [0.25, 0.3) is 5.91 Å². The van der Waals surface area contributed by atoms with Crippen molar-refractivity contribution in [3.63, 3.8) is 0 Å². The van der Waals surface area contributed by atoms with Crippen molar-refractivity contribution >= 4 is 40.5 Å². The summed E-state index contributed by atoms with van der Waals surface area (Å²) in [5.74, 6) is -0.306. The minimum Gasteiger partial charge on any atom is -0.322 e. The van der Waals surface area contributed by atoms with Gasteiger partial charge in [-0.25, -0.2) is 0 Å². The van der Waals surface area contributed by atoms with E-state index in [-0.39, 0.29) is 11.8 Å². The lowest BCUT2D eigenvalue weighted by Gasteiger charge is -2.24. The molecule has 0 saturated heterocycles. The maximum absolute atomic E-state index is 12.6. The molecule has 0 aliphatic carbocycles. The summed E-state index contributed by atoms with van der Waals surface area (Å²) in [5, 5.41) is 3.41. The molecule has 0 radical (unpaired) electrons. The van der Waals surface area contributed by atoms with Crippen LogP contribution in [0.1, 0.15) is 28.4 Å². The van der Waals surface area contributed by atoms with Crippen molar-refractivity contribution in [2.75, 3.05) is 10.2 Å². The summed E-state index contributed by atoms with van der Waals surface area (Å²) >= 11 is 5.98. The summed E-state index contributed by atoms with van der Waals surface area (Å²) in [7, 11) is 0. The van der Waals surface area contributed by atoms with Gasteiger partial charge in [-0.1, -0.05) is 41.9 Å². The lowest BCUT2D eigenvalue weighted by molar-refractivity contribution is -0.115. The van der Waals surface area contributed by atoms with Gasteiger partial charge in [0.1, 0.15) is 0 Å². The fourth-order valence-electron chi connectivity index (χ4n) is 3.57. The molecule has 4 nitrogen and oxygen atoms in total. The van der Waals surface area contributed by atoms with Crippen LogP contribution in [0, 0.1) is 0 Å². The Morgan fingerprint density at radius 3 is 2.39 bits per heavy atom. The Bertz CT molecular complexity index is 1080. The predicted octanol–water partition coefficient (Wildman–Crippen LogP) is 5.38. The molecule has 3 aromatic carbocycles. The zero-order valence-electron chi connectivity index (χ0n) is 15.4. The van der Waals surface area contributed by atoms with Gasteiger partial charge in [-0.2, -0.15) is 0 Å². The van der Waals surface area contributed by atoms with Gasteiger partial charge in [-0.15, -0.1) is 0 Å². The molecule has 2 amide bonds. The number of nitrogens with one attached hydrogen (secondary N) is 1. The summed E-state index contributed by atoms with van der Waals surface area (Å²) in [5.41, 5.74) is 5.03. The van der Waals surface area contributed by atoms with Crippen molar-refractivity contribution in [1.82, 2.24) is 0 Å². The first kappa shape index (κ1) is 18.3. The van der Waals surface area contributed by atoms with Gasteiger partial charge in [-0.3, -0.25) is 14.5 Å². The number of halogens is 1. The Balaban J connectivity index is 1.71. The highest BCUT2D eigenvalue weighted by molar-refractivity contribution is 6.31. The van der Waals surface area contributed by atoms with Gasteiger partial charge in [0, 0.05) is 23.2 Å². The van der Waals surface area contributed by atoms with Crippen molar-refractivity contribution < 1.29 is 9.59 Å². The molecule has 0 fully saturated rings. The van der Waals surface area contributed by atoms with Crippen LogP contribution >= 0.6 is 11.6 Å². The van der Waals surface area contributed by atoms with E-state index in [1.165, 1.54) is 0 Å². The fraction of sp³-hybridized carbons (Fsp3) is 0.130. The van der Waals surface area contributed by atoms with Gasteiger partial charge in [0.15, 0.2) is 0 Å². The monoisotopic (exact) mass is 390 g/mol. The topological polar surface area (TPSA) is 49.4 Å². The number of fused-ring (bicyclic) bond motifs is 2. The summed E-state index contributed by atoms with van der Waals surface area (Å²) in [6, 6.07) is 20.4. The molecule has 1 heterocycles. The van der Waals surface area contributed by atoms with Gasteiger partial charge >= 0.3 is 0 Å². The molecule has 140 valence electrons. The van der Waals surface area contributed by atoms with E-state index in [1.54, 1.807) is 36.1 Å². The Kier molecular flexibility index (Phi) is 4.88. The van der Waals surface area contributed by atoms with Gasteiger partial charge < -0.3 is 5.32 Å². The van der Waals surface area contributed by atoms with Gasteiger partial charge in [0.05, 0.1) is 11.4 Å². The summed E-state index contributed by atoms with van der Waals surface area (Å²) < 4.78 is 0. The highest BCUT2D eigenvalue weighted by atomic mass is 35.5. The van der Waals surface area contributed by atoms with Crippen LogP contribution in [0.3, 0.4) is 0 Å². The van der Waals surface area contributed by atoms with E-state index >= 15 is 0 Å². The Labute approximate surface area is 168 Å². The summed E-state index contributed by atoms with van der Waals surface area (Å²) in [6.45, 7) is 1.56. The Hall–Kier alpha value is -3.11. The average molecular weight is 391 g/mol. The highest BCUT2D eigenvalue weighted by Gasteiger charge is 2.24. The van der Waals surface area contributed by atoms with Crippen LogP contribution in [-0.4, -0.2) is 11.8 Å². The third kappa shape index (κ3) is 3.51. The van der Waals surface area contributed by atoms with Crippen molar-refractivity contribution in [2.45, 2.75) is 19.8 Å². The van der Waals surface area contributed by atoms with Gasteiger partial charge in [-0.05, 0) is 60.4 Å². The lowest BCUT2D eigenvalue weighted by atomic mass is 10.0. The van der Waals surface area contributed by atoms with Crippen molar-refractivity contribution in [1.29, 1.82) is 0 Å². The third-order valence-corrected chi connectivity index (χ3v) is 5.12. The fourth-order valence-corrected chi connectivity index (χ4v) is 3.76. The lowest BCUT2D eigenvalue weighted by Crippen LogP contribution is -2.24. The van der Waals surface area contributed by atoms with E-state index in [4.69, 9.17) is 11.6 Å². The number of rotatable bonds is 2. The van der Waals surface area contributed by atoms with Crippen LogP contribution in [-0.2, 0) is 17.6 Å². The van der Waals surface area contributed by atoms with Crippen LogP contribution in [0.2, 0.25) is 5.02 Å². The van der Waals surface area contributed by atoms with Gasteiger partial charge in [0.2, 0.25) is 5.91 Å². The Morgan fingerprint density at radius 1 is 0.893 bits per heavy atom. The number of carbonyl (C=O) groups excluding carboxylic acids is 2. The first-order chi connectivity index (χ1) is 13.5.